The summed E-state index contributed by atoms with van der Waals surface area (Å²) in [5.41, 5.74) is 0. The topological polar surface area (TPSA) is 73.2 Å². The van der Waals surface area contributed by atoms with Gasteiger partial charge in [-0.3, -0.25) is 0 Å². The lowest BCUT2D eigenvalue weighted by Gasteiger charge is -2.22. The molecule has 0 heterocycles. The Hall–Kier alpha value is -0.640. The summed E-state index contributed by atoms with van der Waals surface area (Å²) in [6.07, 6.45) is 1.87. The maximum absolute atomic E-state index is 11.7. The molecule has 1 fully saturated rings. The molecule has 0 amide bonds. The molecule has 0 aromatic carbocycles. The quantitative estimate of drug-likeness (QED) is 0.747. The van der Waals surface area contributed by atoms with E-state index in [0.29, 0.717) is 0 Å². The van der Waals surface area contributed by atoms with Gasteiger partial charge in [-0.1, -0.05) is 0 Å². The molecule has 0 bridgehead atoms. The first-order valence-electron chi connectivity index (χ1n) is 5.03. The maximum atomic E-state index is 11.7. The summed E-state index contributed by atoms with van der Waals surface area (Å²) in [7, 11) is -2.01. The molecule has 0 saturated heterocycles. The van der Waals surface area contributed by atoms with Crippen LogP contribution in [0, 0.1) is 17.2 Å². The van der Waals surface area contributed by atoms with Crippen LogP contribution in [0.1, 0.15) is 26.7 Å². The molecule has 0 aromatic rings. The van der Waals surface area contributed by atoms with Crippen LogP contribution < -0.4 is 4.72 Å². The highest BCUT2D eigenvalue weighted by molar-refractivity contribution is 7.87. The molecule has 6 heteroatoms. The van der Waals surface area contributed by atoms with Crippen LogP contribution >= 0.6 is 0 Å². The third-order valence-corrected chi connectivity index (χ3v) is 4.35. The zero-order valence-corrected chi connectivity index (χ0v) is 10.1. The summed E-state index contributed by atoms with van der Waals surface area (Å²) in [6.45, 7) is 3.58. The van der Waals surface area contributed by atoms with Crippen molar-refractivity contribution in [2.75, 3.05) is 7.05 Å². The number of nitrogens with one attached hydrogen (secondary N) is 1. The third-order valence-electron chi connectivity index (χ3n) is 2.61. The Morgan fingerprint density at radius 1 is 1.47 bits per heavy atom. The molecule has 5 nitrogen and oxygen atoms in total. The Labute approximate surface area is 91.3 Å². The fourth-order valence-electron chi connectivity index (χ4n) is 1.18. The van der Waals surface area contributed by atoms with E-state index in [1.54, 1.807) is 13.8 Å². The van der Waals surface area contributed by atoms with Crippen LogP contribution in [0.4, 0.5) is 0 Å². The lowest BCUT2D eigenvalue weighted by atomic mass is 10.2. The molecule has 1 aliphatic rings. The van der Waals surface area contributed by atoms with Gasteiger partial charge in [0.15, 0.2) is 0 Å². The monoisotopic (exact) mass is 231 g/mol. The Kier molecular flexibility index (Phi) is 3.71. The molecule has 1 saturated carbocycles. The Morgan fingerprint density at radius 2 is 2.00 bits per heavy atom. The second-order valence-corrected chi connectivity index (χ2v) is 5.94. The molecule has 1 atom stereocenters. The van der Waals surface area contributed by atoms with E-state index in [-0.39, 0.29) is 12.0 Å². The minimum Gasteiger partial charge on any atom is -0.197 e. The van der Waals surface area contributed by atoms with E-state index < -0.39 is 16.3 Å². The average Bonchev–Trinajstić information content (AvgIpc) is 2.96. The smallest absolute Gasteiger partial charge is 0.197 e. The maximum Gasteiger partial charge on any atom is 0.280 e. The Balaban J connectivity index is 2.66. The van der Waals surface area contributed by atoms with Crippen molar-refractivity contribution in [3.8, 4) is 6.07 Å². The highest BCUT2D eigenvalue weighted by atomic mass is 32.2. The van der Waals surface area contributed by atoms with Gasteiger partial charge in [-0.05, 0) is 32.6 Å². The first-order valence-corrected chi connectivity index (χ1v) is 6.47. The van der Waals surface area contributed by atoms with Gasteiger partial charge < -0.3 is 0 Å². The molecule has 1 aliphatic carbocycles. The molecule has 1 rings (SSSR count). The van der Waals surface area contributed by atoms with E-state index in [2.05, 4.69) is 4.72 Å². The van der Waals surface area contributed by atoms with Gasteiger partial charge in [0, 0.05) is 13.1 Å². The summed E-state index contributed by atoms with van der Waals surface area (Å²) >= 11 is 0. The largest absolute Gasteiger partial charge is 0.280 e. The predicted octanol–water partition coefficient (Wildman–Crippen LogP) is 0.463. The zero-order chi connectivity index (χ0) is 11.6. The van der Waals surface area contributed by atoms with Crippen molar-refractivity contribution in [1.29, 1.82) is 5.26 Å². The molecule has 15 heavy (non-hydrogen) atoms. The average molecular weight is 231 g/mol. The van der Waals surface area contributed by atoms with Gasteiger partial charge in [0.2, 0.25) is 0 Å². The second-order valence-electron chi connectivity index (χ2n) is 4.18. The molecular formula is C9H17N3O2S. The van der Waals surface area contributed by atoms with Gasteiger partial charge in [-0.25, -0.2) is 0 Å². The fraction of sp³-hybridized carbons (Fsp3) is 0.889. The van der Waals surface area contributed by atoms with Gasteiger partial charge in [-0.15, -0.1) is 0 Å². The summed E-state index contributed by atoms with van der Waals surface area (Å²) in [5, 5.41) is 8.82. The minimum atomic E-state index is -3.52. The highest BCUT2D eigenvalue weighted by Gasteiger charge is 2.35. The Bertz CT molecular complexity index is 354. The lowest BCUT2D eigenvalue weighted by molar-refractivity contribution is 0.397. The summed E-state index contributed by atoms with van der Waals surface area (Å²) < 4.78 is 27.1. The van der Waals surface area contributed by atoms with Crippen molar-refractivity contribution >= 4 is 10.2 Å². The van der Waals surface area contributed by atoms with E-state index >= 15 is 0 Å². The number of nitriles is 1. The van der Waals surface area contributed by atoms with Crippen molar-refractivity contribution < 1.29 is 8.42 Å². The summed E-state index contributed by atoms with van der Waals surface area (Å²) in [6, 6.07) is 1.31. The molecule has 1 N–H and O–H groups in total. The molecule has 1 unspecified atom stereocenters. The first-order chi connectivity index (χ1) is 6.88. The van der Waals surface area contributed by atoms with Crippen molar-refractivity contribution in [2.24, 2.45) is 5.92 Å². The second kappa shape index (κ2) is 4.47. The number of hydrogen-bond donors (Lipinski definition) is 1. The fourth-order valence-corrected chi connectivity index (χ4v) is 2.47. The van der Waals surface area contributed by atoms with Crippen LogP contribution in [0.2, 0.25) is 0 Å². The van der Waals surface area contributed by atoms with Crippen LogP contribution in [-0.4, -0.2) is 31.9 Å². The van der Waals surface area contributed by atoms with Crippen molar-refractivity contribution in [2.45, 2.75) is 38.8 Å². The van der Waals surface area contributed by atoms with E-state index in [0.717, 1.165) is 12.8 Å². The number of nitrogens with zero attached hydrogens (tertiary/aromatic N) is 2. The normalized spacial score (nSPS) is 19.2. The van der Waals surface area contributed by atoms with Crippen molar-refractivity contribution in [1.82, 2.24) is 9.03 Å². The van der Waals surface area contributed by atoms with Crippen LogP contribution in [0.5, 0.6) is 0 Å². The SMILES string of the molecule is CC(C)N(C)S(=O)(=O)NC(C#N)C1CC1. The van der Waals surface area contributed by atoms with Gasteiger partial charge in [-0.2, -0.15) is 22.7 Å². The summed E-state index contributed by atoms with van der Waals surface area (Å²) in [4.78, 5) is 0. The van der Waals surface area contributed by atoms with Crippen molar-refractivity contribution in [3.63, 3.8) is 0 Å². The Morgan fingerprint density at radius 3 is 2.33 bits per heavy atom. The lowest BCUT2D eigenvalue weighted by Crippen LogP contribution is -2.46. The van der Waals surface area contributed by atoms with Gasteiger partial charge in [0.05, 0.1) is 6.07 Å². The van der Waals surface area contributed by atoms with Crippen molar-refractivity contribution in [3.05, 3.63) is 0 Å². The molecule has 0 spiro atoms. The summed E-state index contributed by atoms with van der Waals surface area (Å²) in [5.74, 6) is 0.199. The van der Waals surface area contributed by atoms with Gasteiger partial charge >= 0.3 is 0 Å². The predicted molar refractivity (Wildman–Crippen MR) is 57.1 cm³/mol. The number of rotatable bonds is 5. The van der Waals surface area contributed by atoms with E-state index in [1.807, 2.05) is 6.07 Å². The first kappa shape index (κ1) is 12.4. The standard InChI is InChI=1S/C9H17N3O2S/c1-7(2)12(3)15(13,14)11-9(6-10)8-4-5-8/h7-9,11H,4-5H2,1-3H3. The third kappa shape index (κ3) is 3.16. The molecular weight excluding hydrogens is 214 g/mol. The van der Waals surface area contributed by atoms with Crippen LogP contribution in [0.25, 0.3) is 0 Å². The van der Waals surface area contributed by atoms with Crippen LogP contribution in [0.3, 0.4) is 0 Å². The van der Waals surface area contributed by atoms with Crippen LogP contribution in [-0.2, 0) is 10.2 Å². The molecule has 0 aromatic heterocycles. The van der Waals surface area contributed by atoms with E-state index in [9.17, 15) is 8.42 Å². The highest BCUT2D eigenvalue weighted by Crippen LogP contribution is 2.32. The van der Waals surface area contributed by atoms with Crippen LogP contribution in [0.15, 0.2) is 0 Å². The molecule has 86 valence electrons. The van der Waals surface area contributed by atoms with E-state index in [1.165, 1.54) is 11.4 Å². The molecule has 0 radical (unpaired) electrons. The van der Waals surface area contributed by atoms with Gasteiger partial charge in [0.1, 0.15) is 6.04 Å². The minimum absolute atomic E-state index is 0.110. The van der Waals surface area contributed by atoms with E-state index in [4.69, 9.17) is 5.26 Å². The number of hydrogen-bond acceptors (Lipinski definition) is 3. The van der Waals surface area contributed by atoms with Gasteiger partial charge in [0.25, 0.3) is 10.2 Å². The zero-order valence-electron chi connectivity index (χ0n) is 9.27. The molecule has 0 aliphatic heterocycles.